The van der Waals surface area contributed by atoms with Gasteiger partial charge in [0.1, 0.15) is 11.3 Å². The fourth-order valence-corrected chi connectivity index (χ4v) is 3.39. The monoisotopic (exact) mass is 462 g/mol. The van der Waals surface area contributed by atoms with E-state index in [0.717, 1.165) is 5.56 Å². The second-order valence-electron chi connectivity index (χ2n) is 7.14. The Morgan fingerprint density at radius 1 is 1.03 bits per heavy atom. The standard InChI is InChI=1S/C23H22N6O5/c1-4-33-22(31)16-13-25-29-18(9-10-24-20(16)29)14-7-6-8-15(11-14)26-21(30)17-12-19(28(3)27-17)23(32)34-5-2/h6-13H,4-5H2,1-3H3,(H,26,30). The number of fused-ring (bicyclic) bond motifs is 1. The summed E-state index contributed by atoms with van der Waals surface area (Å²) in [6.07, 6.45) is 2.99. The van der Waals surface area contributed by atoms with E-state index in [0.29, 0.717) is 17.0 Å². The third-order valence-electron chi connectivity index (χ3n) is 4.91. The highest BCUT2D eigenvalue weighted by Crippen LogP contribution is 2.24. The van der Waals surface area contributed by atoms with Crippen LogP contribution in [0.4, 0.5) is 5.69 Å². The molecule has 0 aliphatic heterocycles. The fourth-order valence-electron chi connectivity index (χ4n) is 3.39. The third-order valence-corrected chi connectivity index (χ3v) is 4.91. The van der Waals surface area contributed by atoms with Gasteiger partial charge >= 0.3 is 11.9 Å². The van der Waals surface area contributed by atoms with Crippen molar-refractivity contribution in [2.75, 3.05) is 18.5 Å². The first-order valence-electron chi connectivity index (χ1n) is 10.6. The molecule has 3 heterocycles. The molecule has 11 heteroatoms. The molecule has 0 atom stereocenters. The lowest BCUT2D eigenvalue weighted by atomic mass is 10.1. The van der Waals surface area contributed by atoms with Crippen molar-refractivity contribution in [3.63, 3.8) is 0 Å². The molecule has 0 saturated carbocycles. The number of nitrogens with zero attached hydrogens (tertiary/aromatic N) is 5. The number of rotatable bonds is 7. The quantitative estimate of drug-likeness (QED) is 0.415. The molecule has 0 radical (unpaired) electrons. The summed E-state index contributed by atoms with van der Waals surface area (Å²) in [6, 6.07) is 10.2. The highest BCUT2D eigenvalue weighted by Gasteiger charge is 2.20. The number of aromatic nitrogens is 5. The minimum absolute atomic E-state index is 0.0772. The molecular formula is C23H22N6O5. The summed E-state index contributed by atoms with van der Waals surface area (Å²) in [5.41, 5.74) is 2.79. The van der Waals surface area contributed by atoms with Crippen LogP contribution in [0, 0.1) is 0 Å². The number of hydrogen-bond donors (Lipinski definition) is 1. The van der Waals surface area contributed by atoms with Crippen molar-refractivity contribution in [1.29, 1.82) is 0 Å². The lowest BCUT2D eigenvalue weighted by Crippen LogP contribution is -2.13. The topological polar surface area (TPSA) is 130 Å². The van der Waals surface area contributed by atoms with Crippen molar-refractivity contribution in [2.45, 2.75) is 13.8 Å². The van der Waals surface area contributed by atoms with Crippen LogP contribution in [0.3, 0.4) is 0 Å². The second-order valence-corrected chi connectivity index (χ2v) is 7.14. The Morgan fingerprint density at radius 2 is 1.79 bits per heavy atom. The summed E-state index contributed by atoms with van der Waals surface area (Å²) >= 11 is 0. The summed E-state index contributed by atoms with van der Waals surface area (Å²) in [5.74, 6) is -1.53. The van der Waals surface area contributed by atoms with E-state index >= 15 is 0 Å². The van der Waals surface area contributed by atoms with Gasteiger partial charge in [0.05, 0.1) is 25.1 Å². The van der Waals surface area contributed by atoms with Gasteiger partial charge in [-0.2, -0.15) is 10.2 Å². The van der Waals surface area contributed by atoms with Crippen molar-refractivity contribution >= 4 is 29.2 Å². The van der Waals surface area contributed by atoms with E-state index in [1.807, 2.05) is 6.07 Å². The van der Waals surface area contributed by atoms with Crippen molar-refractivity contribution in [2.24, 2.45) is 7.05 Å². The van der Waals surface area contributed by atoms with Crippen molar-refractivity contribution in [1.82, 2.24) is 24.4 Å². The van der Waals surface area contributed by atoms with E-state index in [1.54, 1.807) is 51.4 Å². The van der Waals surface area contributed by atoms with Crippen molar-refractivity contribution in [3.8, 4) is 11.3 Å². The van der Waals surface area contributed by atoms with E-state index in [2.05, 4.69) is 20.5 Å². The molecule has 4 aromatic rings. The van der Waals surface area contributed by atoms with Crippen LogP contribution in [0.2, 0.25) is 0 Å². The van der Waals surface area contributed by atoms with Crippen LogP contribution < -0.4 is 5.32 Å². The SMILES string of the molecule is CCOC(=O)c1cnn2c(-c3cccc(NC(=O)c4cc(C(=O)OCC)n(C)n4)c3)ccnc12. The zero-order chi connectivity index (χ0) is 24.2. The third kappa shape index (κ3) is 4.35. The molecule has 34 heavy (non-hydrogen) atoms. The van der Waals surface area contributed by atoms with Crippen molar-refractivity contribution in [3.05, 3.63) is 65.7 Å². The molecule has 0 spiro atoms. The van der Waals surface area contributed by atoms with Gasteiger partial charge in [-0.3, -0.25) is 9.48 Å². The molecule has 0 aliphatic rings. The van der Waals surface area contributed by atoms with Crippen LogP contribution in [-0.4, -0.2) is 55.4 Å². The summed E-state index contributed by atoms with van der Waals surface area (Å²) in [5, 5.41) is 11.2. The number of anilines is 1. The smallest absolute Gasteiger partial charge is 0.356 e. The summed E-state index contributed by atoms with van der Waals surface area (Å²) in [4.78, 5) is 41.2. The lowest BCUT2D eigenvalue weighted by molar-refractivity contribution is 0.0509. The molecule has 1 aromatic carbocycles. The summed E-state index contributed by atoms with van der Waals surface area (Å²) < 4.78 is 12.9. The lowest BCUT2D eigenvalue weighted by Gasteiger charge is -2.08. The Morgan fingerprint density at radius 3 is 2.56 bits per heavy atom. The number of benzene rings is 1. The molecule has 0 bridgehead atoms. The Balaban J connectivity index is 1.60. The maximum Gasteiger partial charge on any atom is 0.356 e. The highest BCUT2D eigenvalue weighted by molar-refractivity contribution is 6.04. The second kappa shape index (κ2) is 9.53. The number of carbonyl (C=O) groups excluding carboxylic acids is 3. The van der Waals surface area contributed by atoms with Crippen LogP contribution >= 0.6 is 0 Å². The molecule has 3 aromatic heterocycles. The number of carbonyl (C=O) groups is 3. The maximum atomic E-state index is 12.7. The van der Waals surface area contributed by atoms with Gasteiger partial charge in [0, 0.05) is 30.6 Å². The van der Waals surface area contributed by atoms with Crippen LogP contribution in [0.25, 0.3) is 16.9 Å². The zero-order valence-electron chi connectivity index (χ0n) is 18.8. The molecule has 4 rings (SSSR count). The Kier molecular flexibility index (Phi) is 6.35. The van der Waals surface area contributed by atoms with Crippen molar-refractivity contribution < 1.29 is 23.9 Å². The normalized spacial score (nSPS) is 10.8. The first-order valence-corrected chi connectivity index (χ1v) is 10.6. The Labute approximate surface area is 194 Å². The van der Waals surface area contributed by atoms with Gasteiger partial charge in [-0.05, 0) is 32.0 Å². The van der Waals surface area contributed by atoms with E-state index in [1.165, 1.54) is 21.5 Å². The number of aryl methyl sites for hydroxylation is 1. The van der Waals surface area contributed by atoms with Gasteiger partial charge < -0.3 is 14.8 Å². The van der Waals surface area contributed by atoms with Gasteiger partial charge in [0.15, 0.2) is 11.3 Å². The van der Waals surface area contributed by atoms with E-state index in [4.69, 9.17) is 9.47 Å². The first kappa shape index (κ1) is 22.6. The zero-order valence-corrected chi connectivity index (χ0v) is 18.8. The summed E-state index contributed by atoms with van der Waals surface area (Å²) in [6.45, 7) is 3.89. The summed E-state index contributed by atoms with van der Waals surface area (Å²) in [7, 11) is 1.56. The molecular weight excluding hydrogens is 440 g/mol. The highest BCUT2D eigenvalue weighted by atomic mass is 16.5. The number of ether oxygens (including phenoxy) is 2. The minimum Gasteiger partial charge on any atom is -0.462 e. The Hall–Kier alpha value is -4.54. The van der Waals surface area contributed by atoms with Crippen LogP contribution in [0.5, 0.6) is 0 Å². The predicted molar refractivity (Wildman–Crippen MR) is 121 cm³/mol. The molecule has 0 fully saturated rings. The average Bonchev–Trinajstić information content (AvgIpc) is 3.43. The molecule has 174 valence electrons. The van der Waals surface area contributed by atoms with E-state index in [9.17, 15) is 14.4 Å². The predicted octanol–water partition coefficient (Wildman–Crippen LogP) is 2.74. The molecule has 1 N–H and O–H groups in total. The average molecular weight is 462 g/mol. The van der Waals surface area contributed by atoms with Gasteiger partial charge in [-0.25, -0.2) is 19.1 Å². The molecule has 0 unspecified atom stereocenters. The first-order chi connectivity index (χ1) is 16.4. The van der Waals surface area contributed by atoms with Crippen LogP contribution in [-0.2, 0) is 16.5 Å². The van der Waals surface area contributed by atoms with Gasteiger partial charge in [0.25, 0.3) is 5.91 Å². The largest absolute Gasteiger partial charge is 0.462 e. The minimum atomic E-state index is -0.554. The number of esters is 2. The van der Waals surface area contributed by atoms with Crippen LogP contribution in [0.15, 0.2) is 48.8 Å². The molecule has 1 amide bonds. The number of nitrogens with one attached hydrogen (secondary N) is 1. The maximum absolute atomic E-state index is 12.7. The van der Waals surface area contributed by atoms with Gasteiger partial charge in [-0.1, -0.05) is 12.1 Å². The van der Waals surface area contributed by atoms with E-state index in [-0.39, 0.29) is 30.2 Å². The number of amides is 1. The molecule has 11 nitrogen and oxygen atoms in total. The number of hydrogen-bond acceptors (Lipinski definition) is 8. The molecule has 0 aliphatic carbocycles. The van der Waals surface area contributed by atoms with E-state index < -0.39 is 17.8 Å². The van der Waals surface area contributed by atoms with Gasteiger partial charge in [0.2, 0.25) is 0 Å². The Bertz CT molecular complexity index is 1390. The molecule has 0 saturated heterocycles. The van der Waals surface area contributed by atoms with Gasteiger partial charge in [-0.15, -0.1) is 0 Å². The fraction of sp³-hybridized carbons (Fsp3) is 0.217. The van der Waals surface area contributed by atoms with Crippen LogP contribution in [0.1, 0.15) is 45.2 Å².